The highest BCUT2D eigenvalue weighted by molar-refractivity contribution is 5.69. The van der Waals surface area contributed by atoms with E-state index in [1.165, 1.54) is 0 Å². The Labute approximate surface area is 101 Å². The summed E-state index contributed by atoms with van der Waals surface area (Å²) in [5, 5.41) is 8.89. The minimum absolute atomic E-state index is 0.635. The molecule has 1 N–H and O–H groups in total. The van der Waals surface area contributed by atoms with E-state index in [-0.39, 0.29) is 0 Å². The van der Waals surface area contributed by atoms with Crippen molar-refractivity contribution in [1.82, 2.24) is 0 Å². The first kappa shape index (κ1) is 3.20. The van der Waals surface area contributed by atoms with Crippen molar-refractivity contribution in [3.8, 4) is 0 Å². The highest BCUT2D eigenvalue weighted by Gasteiger charge is 2.23. The highest BCUT2D eigenvalue weighted by atomic mass is 16.5. The van der Waals surface area contributed by atoms with Crippen LogP contribution in [0.25, 0.3) is 0 Å². The molecule has 0 unspecified atom stereocenters. The zero-order chi connectivity index (χ0) is 21.6. The number of quaternary nitrogens is 1. The average Bonchev–Trinajstić information content (AvgIpc) is 2.18. The zero-order valence-electron chi connectivity index (χ0n) is 19.3. The van der Waals surface area contributed by atoms with Crippen LogP contribution in [0.4, 0.5) is 0 Å². The van der Waals surface area contributed by atoms with Crippen molar-refractivity contribution >= 4 is 11.9 Å². The minimum Gasteiger partial charge on any atom is -0.481 e. The summed E-state index contributed by atoms with van der Waals surface area (Å²) in [4.78, 5) is 22.2. The van der Waals surface area contributed by atoms with E-state index in [9.17, 15) is 9.59 Å². The van der Waals surface area contributed by atoms with Crippen molar-refractivity contribution < 1.29 is 40.4 Å². The Hall–Kier alpha value is -1.10. The molecule has 0 bridgehead atoms. The second kappa shape index (κ2) is 4.95. The lowest BCUT2D eigenvalue weighted by atomic mass is 10.2. The van der Waals surface area contributed by atoms with Gasteiger partial charge in [0.05, 0.1) is 43.8 Å². The van der Waals surface area contributed by atoms with Crippen LogP contribution >= 0.6 is 0 Å². The molecule has 0 saturated heterocycles. The molecule has 0 fully saturated rings. The van der Waals surface area contributed by atoms with Crippen LogP contribution in [0.1, 0.15) is 29.8 Å². The number of likely N-dealkylation sites (N-methyl/N-ethyl adjacent to an activating group) is 1. The summed E-state index contributed by atoms with van der Waals surface area (Å²) in [6.45, 7) is -15.9. The Bertz CT molecular complexity index is 510. The number of rotatable bonds is 5. The SMILES string of the molecule is [2H]C([2H])([2H])[N+](C([2H])([2H])[2H])(C([2H])([2H])[2H])C([2H])([2H])[C@@]([2H])(CC(=O)O)OC(C)=O. The summed E-state index contributed by atoms with van der Waals surface area (Å²) >= 11 is 0. The largest absolute Gasteiger partial charge is 0.481 e. The number of nitrogens with zero attached hydrogens (tertiary/aromatic N) is 1. The van der Waals surface area contributed by atoms with E-state index in [1.807, 2.05) is 0 Å². The van der Waals surface area contributed by atoms with Crippen LogP contribution in [0, 0.1) is 0 Å². The monoisotopic (exact) mass is 216 g/mol. The molecule has 5 nitrogen and oxygen atoms in total. The smallest absolute Gasteiger partial charge is 0.307 e. The van der Waals surface area contributed by atoms with Gasteiger partial charge in [-0.05, 0) is 0 Å². The third-order valence-corrected chi connectivity index (χ3v) is 0.871. The standard InChI is InChI=1S/C9H17NO4/c1-7(11)14-8(5-9(12)13)6-10(2,3)4/h8H,5-6H2,1-4H3/p+1/t8-/m1/s1/i2D3,3D3,4D3,6D2,8D. The van der Waals surface area contributed by atoms with Crippen LogP contribution in [0.2, 0.25) is 0 Å². The molecule has 0 saturated carbocycles. The summed E-state index contributed by atoms with van der Waals surface area (Å²) in [7, 11) is 0. The zero-order valence-corrected chi connectivity index (χ0v) is 7.33. The maximum absolute atomic E-state index is 11.2. The quantitative estimate of drug-likeness (QED) is 0.523. The summed E-state index contributed by atoms with van der Waals surface area (Å²) in [5.74, 6) is -3.39. The normalized spacial score (nSPS) is 32.1. The van der Waals surface area contributed by atoms with E-state index in [0.717, 1.165) is 0 Å². The van der Waals surface area contributed by atoms with Gasteiger partial charge in [0.2, 0.25) is 0 Å². The van der Waals surface area contributed by atoms with Crippen LogP contribution in [-0.4, -0.2) is 55.0 Å². The van der Waals surface area contributed by atoms with Crippen LogP contribution < -0.4 is 0 Å². The van der Waals surface area contributed by atoms with Gasteiger partial charge in [0, 0.05) is 6.92 Å². The van der Waals surface area contributed by atoms with Gasteiger partial charge in [0.25, 0.3) is 0 Å². The average molecular weight is 216 g/mol. The topological polar surface area (TPSA) is 63.6 Å². The van der Waals surface area contributed by atoms with E-state index in [4.69, 9.17) is 21.6 Å². The van der Waals surface area contributed by atoms with Crippen molar-refractivity contribution in [3.63, 3.8) is 0 Å². The number of ether oxygens (including phenoxy) is 1. The fourth-order valence-corrected chi connectivity index (χ4v) is 0.596. The number of carboxylic acids is 1. The third kappa shape index (κ3) is 7.54. The van der Waals surface area contributed by atoms with Gasteiger partial charge in [-0.1, -0.05) is 0 Å². The van der Waals surface area contributed by atoms with Crippen LogP contribution in [0.15, 0.2) is 0 Å². The van der Waals surface area contributed by atoms with Gasteiger partial charge in [-0.25, -0.2) is 0 Å². The minimum atomic E-state index is -4.22. The number of carboxylic acid groups (broad SMARTS) is 1. The van der Waals surface area contributed by atoms with Gasteiger partial charge in [-0.2, -0.15) is 0 Å². The van der Waals surface area contributed by atoms with E-state index in [1.54, 1.807) is 0 Å². The maximum atomic E-state index is 11.2. The summed E-state index contributed by atoms with van der Waals surface area (Å²) < 4.78 is 91.7. The molecule has 5 heteroatoms. The number of hydrogen-bond donors (Lipinski definition) is 1. The van der Waals surface area contributed by atoms with Gasteiger partial charge >= 0.3 is 11.9 Å². The van der Waals surface area contributed by atoms with E-state index < -0.39 is 56.3 Å². The van der Waals surface area contributed by atoms with Gasteiger partial charge in [-0.3, -0.25) is 9.59 Å². The Kier molecular flexibility index (Phi) is 1.13. The van der Waals surface area contributed by atoms with Crippen LogP contribution in [0.5, 0.6) is 0 Å². The predicted octanol–water partition coefficient (Wildman–Crippen LogP) is 0.0990. The summed E-state index contributed by atoms with van der Waals surface area (Å²) in [6, 6.07) is 0. The van der Waals surface area contributed by atoms with E-state index in [0.29, 0.717) is 6.92 Å². The second-order valence-electron chi connectivity index (χ2n) is 2.37. The summed E-state index contributed by atoms with van der Waals surface area (Å²) in [6.07, 6.45) is -5.39. The molecule has 0 aliphatic heterocycles. The van der Waals surface area contributed by atoms with E-state index in [2.05, 4.69) is 4.74 Å². The van der Waals surface area contributed by atoms with Crippen LogP contribution in [-0.2, 0) is 14.3 Å². The predicted molar refractivity (Wildman–Crippen MR) is 50.7 cm³/mol. The lowest BCUT2D eigenvalue weighted by molar-refractivity contribution is -0.873. The van der Waals surface area contributed by atoms with Crippen LogP contribution in [0.3, 0.4) is 0 Å². The van der Waals surface area contributed by atoms with Crippen molar-refractivity contribution in [2.45, 2.75) is 19.4 Å². The third-order valence-electron chi connectivity index (χ3n) is 0.871. The van der Waals surface area contributed by atoms with Gasteiger partial charge in [0.1, 0.15) is 6.50 Å². The van der Waals surface area contributed by atoms with E-state index >= 15 is 0 Å². The number of esters is 1. The molecular formula is C9H18NO4+. The maximum Gasteiger partial charge on any atom is 0.307 e. The molecule has 0 aliphatic carbocycles. The Morgan fingerprint density at radius 2 is 2.21 bits per heavy atom. The number of carbonyl (C=O) groups is 2. The molecule has 0 rings (SSSR count). The Balaban J connectivity index is 7.20. The first-order valence-electron chi connectivity index (χ1n) is 9.39. The van der Waals surface area contributed by atoms with Gasteiger partial charge < -0.3 is 14.3 Å². The highest BCUT2D eigenvalue weighted by Crippen LogP contribution is 2.04. The van der Waals surface area contributed by atoms with Gasteiger partial charge in [0.15, 0.2) is 6.08 Å². The molecule has 0 aromatic rings. The Morgan fingerprint density at radius 1 is 1.64 bits per heavy atom. The molecular weight excluding hydrogens is 186 g/mol. The lowest BCUT2D eigenvalue weighted by Crippen LogP contribution is -2.43. The fourth-order valence-electron chi connectivity index (χ4n) is 0.596. The molecule has 14 heavy (non-hydrogen) atoms. The molecule has 0 aromatic carbocycles. The molecule has 0 aromatic heterocycles. The molecule has 0 spiro atoms. The molecule has 82 valence electrons. The molecule has 1 atom stereocenters. The van der Waals surface area contributed by atoms with Crippen molar-refractivity contribution in [1.29, 1.82) is 0 Å². The fraction of sp³-hybridized carbons (Fsp3) is 0.778. The van der Waals surface area contributed by atoms with Crippen molar-refractivity contribution in [2.75, 3.05) is 27.4 Å². The molecule has 0 aliphatic rings. The number of hydrogen-bond acceptors (Lipinski definition) is 3. The second-order valence-corrected chi connectivity index (χ2v) is 2.37. The molecule has 0 radical (unpaired) electrons. The van der Waals surface area contributed by atoms with Crippen molar-refractivity contribution in [2.24, 2.45) is 0 Å². The number of carbonyl (C=O) groups excluding carboxylic acids is 1. The Morgan fingerprint density at radius 3 is 2.57 bits per heavy atom. The molecule has 0 amide bonds. The first-order valence-corrected chi connectivity index (χ1v) is 3.39. The van der Waals surface area contributed by atoms with Crippen molar-refractivity contribution in [3.05, 3.63) is 0 Å². The summed E-state index contributed by atoms with van der Waals surface area (Å²) in [5.41, 5.74) is 0. The lowest BCUT2D eigenvalue weighted by Gasteiger charge is -2.28. The number of aliphatic carboxylic acids is 1. The first-order chi connectivity index (χ1) is 11.1. The van der Waals surface area contributed by atoms with Gasteiger partial charge in [-0.15, -0.1) is 0 Å². The molecule has 0 heterocycles.